The largest absolute Gasteiger partial charge is 0.340 e. The van der Waals surface area contributed by atoms with Crippen LogP contribution in [0.4, 0.5) is 0 Å². The van der Waals surface area contributed by atoms with Gasteiger partial charge in [0.2, 0.25) is 5.91 Å². The molecule has 25 heavy (non-hydrogen) atoms. The van der Waals surface area contributed by atoms with Crippen LogP contribution in [0, 0.1) is 6.92 Å². The van der Waals surface area contributed by atoms with E-state index >= 15 is 0 Å². The Bertz CT molecular complexity index is 990. The predicted molar refractivity (Wildman–Crippen MR) is 95.4 cm³/mol. The number of carbonyl (C=O) groups is 2. The van der Waals surface area contributed by atoms with Crippen LogP contribution >= 0.6 is 0 Å². The number of aryl methyl sites for hydroxylation is 1. The number of aromatic nitrogens is 2. The summed E-state index contributed by atoms with van der Waals surface area (Å²) >= 11 is 0. The molecule has 1 aliphatic carbocycles. The van der Waals surface area contributed by atoms with E-state index < -0.39 is 0 Å². The summed E-state index contributed by atoms with van der Waals surface area (Å²) in [6.45, 7) is 2.42. The van der Waals surface area contributed by atoms with Gasteiger partial charge in [0.25, 0.3) is 0 Å². The van der Waals surface area contributed by atoms with Crippen molar-refractivity contribution in [1.29, 1.82) is 0 Å². The van der Waals surface area contributed by atoms with Gasteiger partial charge >= 0.3 is 0 Å². The Kier molecular flexibility index (Phi) is 3.64. The molecule has 0 fully saturated rings. The summed E-state index contributed by atoms with van der Waals surface area (Å²) in [6, 6.07) is 13.4. The van der Waals surface area contributed by atoms with Crippen molar-refractivity contribution in [2.24, 2.45) is 0 Å². The molecule has 1 aromatic heterocycles. The number of fused-ring (bicyclic) bond motifs is 2. The smallest absolute Gasteiger partial charge is 0.230 e. The van der Waals surface area contributed by atoms with Crippen LogP contribution in [0.5, 0.6) is 0 Å². The van der Waals surface area contributed by atoms with Crippen LogP contribution in [-0.4, -0.2) is 33.6 Å². The van der Waals surface area contributed by atoms with Crippen molar-refractivity contribution >= 4 is 22.7 Å². The van der Waals surface area contributed by atoms with Gasteiger partial charge in [-0.25, -0.2) is 4.98 Å². The van der Waals surface area contributed by atoms with E-state index in [1.807, 2.05) is 43.3 Å². The number of aromatic amines is 1. The van der Waals surface area contributed by atoms with E-state index in [-0.39, 0.29) is 24.0 Å². The number of hydrogen-bond donors (Lipinski definition) is 1. The molecule has 1 N–H and O–H groups in total. The van der Waals surface area contributed by atoms with Crippen LogP contribution in [0.2, 0.25) is 0 Å². The molecule has 1 aliphatic rings. The number of carbonyl (C=O) groups excluding carboxylic acids is 2. The number of ketones is 1. The minimum Gasteiger partial charge on any atom is -0.340 e. The minimum absolute atomic E-state index is 0.0431. The highest BCUT2D eigenvalue weighted by Gasteiger charge is 2.35. The highest BCUT2D eigenvalue weighted by molar-refractivity contribution is 6.06. The van der Waals surface area contributed by atoms with Gasteiger partial charge in [-0.1, -0.05) is 30.3 Å². The molecule has 1 heterocycles. The average molecular weight is 333 g/mol. The van der Waals surface area contributed by atoms with Gasteiger partial charge in [0.15, 0.2) is 5.78 Å². The summed E-state index contributed by atoms with van der Waals surface area (Å²) in [5.74, 6) is 0.353. The molecule has 0 radical (unpaired) electrons. The molecule has 0 saturated heterocycles. The molecule has 5 heteroatoms. The topological polar surface area (TPSA) is 66.1 Å². The molecule has 0 spiro atoms. The third-order valence-electron chi connectivity index (χ3n) is 4.77. The molecule has 5 nitrogen and oxygen atoms in total. The lowest BCUT2D eigenvalue weighted by atomic mass is 10.00. The average Bonchev–Trinajstić information content (AvgIpc) is 3.14. The lowest BCUT2D eigenvalue weighted by Crippen LogP contribution is -2.31. The second-order valence-electron chi connectivity index (χ2n) is 6.67. The van der Waals surface area contributed by atoms with Gasteiger partial charge in [-0.05, 0) is 30.2 Å². The summed E-state index contributed by atoms with van der Waals surface area (Å²) in [4.78, 5) is 34.4. The zero-order valence-electron chi connectivity index (χ0n) is 14.2. The standard InChI is InChI=1S/C20H19N3O2/c1-12-7-8-16-17(9-12)22-19(21-16)11-23(2)20(25)15-10-18(24)14-6-4-3-5-13(14)15/h3-9,15H,10-11H2,1-2H3,(H,21,22)/t15-/m1/s1. The number of rotatable bonds is 3. The van der Waals surface area contributed by atoms with Gasteiger partial charge < -0.3 is 9.88 Å². The van der Waals surface area contributed by atoms with Crippen molar-refractivity contribution in [3.63, 3.8) is 0 Å². The Balaban J connectivity index is 1.55. The van der Waals surface area contributed by atoms with Gasteiger partial charge in [0, 0.05) is 19.0 Å². The number of nitrogens with one attached hydrogen (secondary N) is 1. The van der Waals surface area contributed by atoms with Gasteiger partial charge in [0.1, 0.15) is 5.82 Å². The van der Waals surface area contributed by atoms with E-state index in [4.69, 9.17) is 0 Å². The van der Waals surface area contributed by atoms with E-state index in [0.29, 0.717) is 12.1 Å². The fourth-order valence-electron chi connectivity index (χ4n) is 3.50. The molecule has 0 aliphatic heterocycles. The lowest BCUT2D eigenvalue weighted by molar-refractivity contribution is -0.132. The van der Waals surface area contributed by atoms with E-state index in [1.165, 1.54) is 0 Å². The van der Waals surface area contributed by atoms with Crippen LogP contribution in [-0.2, 0) is 11.3 Å². The van der Waals surface area contributed by atoms with Gasteiger partial charge in [-0.3, -0.25) is 9.59 Å². The van der Waals surface area contributed by atoms with Crippen LogP contribution in [0.3, 0.4) is 0 Å². The molecular weight excluding hydrogens is 314 g/mol. The quantitative estimate of drug-likeness (QED) is 0.800. The molecule has 4 rings (SSSR count). The van der Waals surface area contributed by atoms with Crippen molar-refractivity contribution in [3.05, 3.63) is 65.0 Å². The Morgan fingerprint density at radius 3 is 2.92 bits per heavy atom. The van der Waals surface area contributed by atoms with Gasteiger partial charge in [-0.2, -0.15) is 0 Å². The normalized spacial score (nSPS) is 16.2. The van der Waals surface area contributed by atoms with Crippen molar-refractivity contribution < 1.29 is 9.59 Å². The van der Waals surface area contributed by atoms with E-state index in [1.54, 1.807) is 18.0 Å². The monoisotopic (exact) mass is 333 g/mol. The summed E-state index contributed by atoms with van der Waals surface area (Å²) in [7, 11) is 1.76. The third-order valence-corrected chi connectivity index (χ3v) is 4.77. The Labute approximate surface area is 145 Å². The van der Waals surface area contributed by atoms with E-state index in [9.17, 15) is 9.59 Å². The number of nitrogens with zero attached hydrogens (tertiary/aromatic N) is 2. The number of amides is 1. The van der Waals surface area contributed by atoms with Crippen LogP contribution < -0.4 is 0 Å². The Morgan fingerprint density at radius 1 is 1.28 bits per heavy atom. The van der Waals surface area contributed by atoms with Crippen molar-refractivity contribution in [3.8, 4) is 0 Å². The zero-order valence-corrected chi connectivity index (χ0v) is 14.2. The van der Waals surface area contributed by atoms with Crippen LogP contribution in [0.25, 0.3) is 11.0 Å². The minimum atomic E-state index is -0.389. The number of benzene rings is 2. The second-order valence-corrected chi connectivity index (χ2v) is 6.67. The number of likely N-dealkylation sites (N-methyl/N-ethyl adjacent to an activating group) is 1. The number of H-pyrrole nitrogens is 1. The molecule has 0 unspecified atom stereocenters. The molecule has 3 aromatic rings. The van der Waals surface area contributed by atoms with Crippen molar-refractivity contribution in [2.75, 3.05) is 7.05 Å². The van der Waals surface area contributed by atoms with Crippen molar-refractivity contribution in [1.82, 2.24) is 14.9 Å². The molecule has 1 amide bonds. The number of Topliss-reactive ketones (excluding diaryl/α,β-unsaturated/α-hetero) is 1. The highest BCUT2D eigenvalue weighted by atomic mass is 16.2. The van der Waals surface area contributed by atoms with Crippen molar-refractivity contribution in [2.45, 2.75) is 25.8 Å². The molecule has 1 atom stereocenters. The highest BCUT2D eigenvalue weighted by Crippen LogP contribution is 2.34. The first-order valence-electron chi connectivity index (χ1n) is 8.35. The maximum Gasteiger partial charge on any atom is 0.230 e. The zero-order chi connectivity index (χ0) is 17.6. The second kappa shape index (κ2) is 5.84. The summed E-state index contributed by atoms with van der Waals surface area (Å²) in [5.41, 5.74) is 4.53. The van der Waals surface area contributed by atoms with Crippen LogP contribution in [0.1, 0.15) is 39.6 Å². The first-order valence-corrected chi connectivity index (χ1v) is 8.35. The maximum absolute atomic E-state index is 12.9. The molecule has 0 saturated carbocycles. The fraction of sp³-hybridized carbons (Fsp3) is 0.250. The summed E-state index contributed by atoms with van der Waals surface area (Å²) in [6.07, 6.45) is 0.252. The van der Waals surface area contributed by atoms with Crippen LogP contribution in [0.15, 0.2) is 42.5 Å². The Hall–Kier alpha value is -2.95. The molecule has 126 valence electrons. The molecular formula is C20H19N3O2. The Morgan fingerprint density at radius 2 is 2.08 bits per heavy atom. The van der Waals surface area contributed by atoms with Gasteiger partial charge in [0.05, 0.1) is 23.5 Å². The molecule has 2 aromatic carbocycles. The first kappa shape index (κ1) is 15.6. The van der Waals surface area contributed by atoms with E-state index in [2.05, 4.69) is 9.97 Å². The SMILES string of the molecule is Cc1ccc2nc(CN(C)C(=O)[C@@H]3CC(=O)c4ccccc43)[nH]c2c1. The number of hydrogen-bond acceptors (Lipinski definition) is 3. The molecule has 0 bridgehead atoms. The van der Waals surface area contributed by atoms with E-state index in [0.717, 1.165) is 28.0 Å². The summed E-state index contributed by atoms with van der Waals surface area (Å²) in [5, 5.41) is 0. The van der Waals surface area contributed by atoms with Gasteiger partial charge in [-0.15, -0.1) is 0 Å². The first-order chi connectivity index (χ1) is 12.0. The number of imidazole rings is 1. The lowest BCUT2D eigenvalue weighted by Gasteiger charge is -2.20. The third kappa shape index (κ3) is 2.71. The fourth-order valence-corrected chi connectivity index (χ4v) is 3.50. The summed E-state index contributed by atoms with van der Waals surface area (Å²) < 4.78 is 0. The maximum atomic E-state index is 12.9. The predicted octanol–water partition coefficient (Wildman–Crippen LogP) is 3.20.